The lowest BCUT2D eigenvalue weighted by molar-refractivity contribution is -0.414. The number of nitrogens with zero attached hydrogens (tertiary/aromatic N) is 1. The zero-order valence-corrected chi connectivity index (χ0v) is 8.64. The summed E-state index contributed by atoms with van der Waals surface area (Å²) in [5, 5.41) is 20.1. The first-order valence-corrected chi connectivity index (χ1v) is 5.04. The summed E-state index contributed by atoms with van der Waals surface area (Å²) in [7, 11) is 0. The molecular formula is C9H13N3O4. The molecule has 2 aliphatic rings. The predicted molar refractivity (Wildman–Crippen MR) is 54.7 cm³/mol. The average Bonchev–Trinajstić information content (AvgIpc) is 2.66. The van der Waals surface area contributed by atoms with Crippen molar-refractivity contribution in [2.45, 2.75) is 24.7 Å². The van der Waals surface area contributed by atoms with Crippen molar-refractivity contribution in [1.82, 2.24) is 5.32 Å². The summed E-state index contributed by atoms with van der Waals surface area (Å²) in [4.78, 5) is 9.80. The Bertz CT molecular complexity index is 328. The molecule has 1 aliphatic heterocycles. The molecule has 2 fully saturated rings. The maximum atomic E-state index is 10.4. The van der Waals surface area contributed by atoms with Gasteiger partial charge in [-0.1, -0.05) is 0 Å². The molecule has 16 heavy (non-hydrogen) atoms. The molecule has 0 amide bonds. The lowest BCUT2D eigenvalue weighted by atomic mass is 9.85. The summed E-state index contributed by atoms with van der Waals surface area (Å²) in [5.41, 5.74) is -0.255. The molecule has 1 heterocycles. The fourth-order valence-electron chi connectivity index (χ4n) is 1.89. The van der Waals surface area contributed by atoms with E-state index in [4.69, 9.17) is 14.9 Å². The largest absolute Gasteiger partial charge is 0.382 e. The molecular weight excluding hydrogens is 214 g/mol. The smallest absolute Gasteiger partial charge is 0.302 e. The zero-order chi connectivity index (χ0) is 11.6. The third kappa shape index (κ3) is 2.05. The molecule has 0 aromatic rings. The first-order chi connectivity index (χ1) is 7.65. The molecule has 0 atom stereocenters. The van der Waals surface area contributed by atoms with Crippen LogP contribution in [-0.4, -0.2) is 36.2 Å². The molecule has 0 unspecified atom stereocenters. The number of hydrogen-bond donors (Lipinski definition) is 2. The minimum atomic E-state index is -0.600. The molecule has 0 bridgehead atoms. The first-order valence-electron chi connectivity index (χ1n) is 5.04. The predicted octanol–water partition coefficient (Wildman–Crippen LogP) is 0.249. The summed E-state index contributed by atoms with van der Waals surface area (Å²) in [6, 6.07) is 0.119. The van der Waals surface area contributed by atoms with Crippen molar-refractivity contribution in [1.29, 1.82) is 5.41 Å². The van der Waals surface area contributed by atoms with Crippen LogP contribution in [0.1, 0.15) is 12.8 Å². The molecule has 0 aromatic heterocycles. The number of allylic oxidation sites excluding steroid dienone is 1. The van der Waals surface area contributed by atoms with E-state index in [0.717, 1.165) is 0 Å². The van der Waals surface area contributed by atoms with E-state index in [1.807, 2.05) is 0 Å². The van der Waals surface area contributed by atoms with Crippen LogP contribution in [0.4, 0.5) is 0 Å². The number of hydrogen-bond acceptors (Lipinski definition) is 6. The molecule has 1 spiro atoms. The van der Waals surface area contributed by atoms with Crippen molar-refractivity contribution in [2.75, 3.05) is 13.2 Å². The van der Waals surface area contributed by atoms with Crippen LogP contribution in [0.2, 0.25) is 0 Å². The maximum absolute atomic E-state index is 10.4. The van der Waals surface area contributed by atoms with Crippen molar-refractivity contribution in [3.63, 3.8) is 0 Å². The van der Waals surface area contributed by atoms with Crippen molar-refractivity contribution in [3.8, 4) is 0 Å². The second-order valence-electron chi connectivity index (χ2n) is 3.85. The SMILES string of the molecule is N=C/C(=C\NC1CC2(C1)OCCO2)[N+](=O)[O-]. The summed E-state index contributed by atoms with van der Waals surface area (Å²) < 4.78 is 10.9. The molecule has 0 radical (unpaired) electrons. The van der Waals surface area contributed by atoms with Gasteiger partial charge in [0.05, 0.1) is 30.6 Å². The number of nitrogens with one attached hydrogen (secondary N) is 2. The van der Waals surface area contributed by atoms with Gasteiger partial charge in [0.2, 0.25) is 0 Å². The monoisotopic (exact) mass is 227 g/mol. The van der Waals surface area contributed by atoms with Crippen molar-refractivity contribution in [2.24, 2.45) is 0 Å². The molecule has 7 nitrogen and oxygen atoms in total. The highest BCUT2D eigenvalue weighted by atomic mass is 16.7. The van der Waals surface area contributed by atoms with Crippen LogP contribution in [0.3, 0.4) is 0 Å². The highest BCUT2D eigenvalue weighted by Gasteiger charge is 2.49. The number of nitro groups is 1. The van der Waals surface area contributed by atoms with Crippen LogP contribution in [-0.2, 0) is 9.47 Å². The fourth-order valence-corrected chi connectivity index (χ4v) is 1.89. The van der Waals surface area contributed by atoms with Crippen LogP contribution >= 0.6 is 0 Å². The summed E-state index contributed by atoms with van der Waals surface area (Å²) >= 11 is 0. The fraction of sp³-hybridized carbons (Fsp3) is 0.667. The maximum Gasteiger partial charge on any atom is 0.302 e. The van der Waals surface area contributed by atoms with Gasteiger partial charge in [0.15, 0.2) is 5.79 Å². The molecule has 1 aliphatic carbocycles. The van der Waals surface area contributed by atoms with Crippen molar-refractivity contribution < 1.29 is 14.4 Å². The van der Waals surface area contributed by atoms with Gasteiger partial charge in [-0.15, -0.1) is 0 Å². The Kier molecular flexibility index (Phi) is 2.88. The minimum absolute atomic E-state index is 0.119. The minimum Gasteiger partial charge on any atom is -0.382 e. The van der Waals surface area contributed by atoms with E-state index in [1.165, 1.54) is 6.20 Å². The van der Waals surface area contributed by atoms with Crippen LogP contribution in [0.5, 0.6) is 0 Å². The second kappa shape index (κ2) is 4.18. The third-order valence-electron chi connectivity index (χ3n) is 2.75. The normalized spacial score (nSPS) is 24.1. The standard InChI is InChI=1S/C9H13N3O4/c10-5-8(12(13)14)6-11-7-3-9(4-7)15-1-2-16-9/h5-7,10-11H,1-4H2/b8-6+,10-5?. The van der Waals surface area contributed by atoms with E-state index in [-0.39, 0.29) is 11.7 Å². The van der Waals surface area contributed by atoms with Gasteiger partial charge in [-0.2, -0.15) is 0 Å². The first kappa shape index (κ1) is 11.0. The van der Waals surface area contributed by atoms with Gasteiger partial charge in [-0.25, -0.2) is 0 Å². The van der Waals surface area contributed by atoms with E-state index in [0.29, 0.717) is 32.3 Å². The molecule has 7 heteroatoms. The molecule has 1 saturated carbocycles. The number of ether oxygens (including phenoxy) is 2. The van der Waals surface area contributed by atoms with Crippen LogP contribution < -0.4 is 5.32 Å². The zero-order valence-electron chi connectivity index (χ0n) is 8.64. The third-order valence-corrected chi connectivity index (χ3v) is 2.75. The van der Waals surface area contributed by atoms with Gasteiger partial charge in [-0.05, 0) is 0 Å². The Hall–Kier alpha value is -1.47. The Morgan fingerprint density at radius 2 is 2.12 bits per heavy atom. The Morgan fingerprint density at radius 1 is 1.50 bits per heavy atom. The molecule has 1 saturated heterocycles. The average molecular weight is 227 g/mol. The lowest BCUT2D eigenvalue weighted by Crippen LogP contribution is -2.53. The topological polar surface area (TPSA) is 97.5 Å². The van der Waals surface area contributed by atoms with E-state index < -0.39 is 10.7 Å². The Labute approximate surface area is 92.1 Å². The lowest BCUT2D eigenvalue weighted by Gasteiger charge is -2.42. The van der Waals surface area contributed by atoms with Crippen LogP contribution in [0.25, 0.3) is 0 Å². The van der Waals surface area contributed by atoms with E-state index in [2.05, 4.69) is 5.32 Å². The molecule has 2 N–H and O–H groups in total. The van der Waals surface area contributed by atoms with Gasteiger partial charge in [0, 0.05) is 18.9 Å². The van der Waals surface area contributed by atoms with Crippen LogP contribution in [0, 0.1) is 15.5 Å². The van der Waals surface area contributed by atoms with Gasteiger partial charge in [0.1, 0.15) is 0 Å². The van der Waals surface area contributed by atoms with E-state index in [9.17, 15) is 10.1 Å². The number of rotatable bonds is 4. The molecule has 2 rings (SSSR count). The second-order valence-corrected chi connectivity index (χ2v) is 3.85. The Morgan fingerprint density at radius 3 is 2.62 bits per heavy atom. The molecule has 0 aromatic carbocycles. The summed E-state index contributed by atoms with van der Waals surface area (Å²) in [6.45, 7) is 1.23. The van der Waals surface area contributed by atoms with Gasteiger partial charge in [-0.3, -0.25) is 10.1 Å². The van der Waals surface area contributed by atoms with E-state index in [1.54, 1.807) is 0 Å². The summed E-state index contributed by atoms with van der Waals surface area (Å²) in [5.74, 6) is -0.453. The van der Waals surface area contributed by atoms with Gasteiger partial charge in [0.25, 0.3) is 0 Å². The quantitative estimate of drug-likeness (QED) is 0.407. The highest BCUT2D eigenvalue weighted by Crippen LogP contribution is 2.39. The highest BCUT2D eigenvalue weighted by molar-refractivity contribution is 5.71. The van der Waals surface area contributed by atoms with E-state index >= 15 is 0 Å². The Balaban J connectivity index is 1.81. The van der Waals surface area contributed by atoms with Gasteiger partial charge < -0.3 is 20.2 Å². The van der Waals surface area contributed by atoms with Crippen LogP contribution in [0.15, 0.2) is 11.9 Å². The van der Waals surface area contributed by atoms with Crippen molar-refractivity contribution >= 4 is 6.21 Å². The summed E-state index contributed by atoms with van der Waals surface area (Å²) in [6.07, 6.45) is 3.34. The van der Waals surface area contributed by atoms with Crippen molar-refractivity contribution in [3.05, 3.63) is 22.0 Å². The van der Waals surface area contributed by atoms with Gasteiger partial charge >= 0.3 is 5.70 Å². The molecule has 88 valence electrons.